The summed E-state index contributed by atoms with van der Waals surface area (Å²) < 4.78 is 0. The van der Waals surface area contributed by atoms with E-state index in [4.69, 9.17) is 0 Å². The van der Waals surface area contributed by atoms with Crippen molar-refractivity contribution in [1.82, 2.24) is 0 Å². The Morgan fingerprint density at radius 1 is 0.619 bits per heavy atom. The van der Waals surface area contributed by atoms with Gasteiger partial charge in [0.1, 0.15) is 0 Å². The molecule has 0 unspecified atom stereocenters. The van der Waals surface area contributed by atoms with E-state index in [9.17, 15) is 0 Å². The van der Waals surface area contributed by atoms with Gasteiger partial charge in [0, 0.05) is 0 Å². The molecule has 0 aliphatic rings. The van der Waals surface area contributed by atoms with E-state index in [0.29, 0.717) is 0 Å². The zero-order valence-corrected chi connectivity index (χ0v) is 14.4. The fraction of sp³-hybridized carbons (Fsp3) is 0.667. The monoisotopic (exact) mass is 287 g/mol. The summed E-state index contributed by atoms with van der Waals surface area (Å²) >= 11 is 0. The van der Waals surface area contributed by atoms with Crippen LogP contribution in [0.3, 0.4) is 0 Å². The van der Waals surface area contributed by atoms with Gasteiger partial charge in [-0.2, -0.15) is 0 Å². The molecule has 0 N–H and O–H groups in total. The molecule has 119 valence electrons. The average molecular weight is 288 g/mol. The van der Waals surface area contributed by atoms with Crippen LogP contribution in [0.15, 0.2) is 18.2 Å². The standard InChI is InChI=1S/C21H35/c1-4-7-9-11-14-20-16-19(13-6-3)17-21(18-20)15-12-10-8-5-2/h16-18H,3-15H2,1-2H3. The van der Waals surface area contributed by atoms with E-state index in [-0.39, 0.29) is 0 Å². The summed E-state index contributed by atoms with van der Waals surface area (Å²) in [5, 5.41) is 0. The Morgan fingerprint density at radius 3 is 1.43 bits per heavy atom. The Morgan fingerprint density at radius 2 is 1.05 bits per heavy atom. The summed E-state index contributed by atoms with van der Waals surface area (Å²) in [6, 6.07) is 7.31. The first-order valence-corrected chi connectivity index (χ1v) is 9.21. The number of unbranched alkanes of at least 4 members (excludes halogenated alkanes) is 6. The quantitative estimate of drug-likeness (QED) is 0.375. The van der Waals surface area contributed by atoms with Crippen molar-refractivity contribution < 1.29 is 0 Å². The summed E-state index contributed by atoms with van der Waals surface area (Å²) in [6.45, 7) is 8.58. The Hall–Kier alpha value is -0.780. The largest absolute Gasteiger partial charge is 0.0654 e. The van der Waals surface area contributed by atoms with Crippen molar-refractivity contribution >= 4 is 0 Å². The fourth-order valence-corrected chi connectivity index (χ4v) is 2.99. The van der Waals surface area contributed by atoms with Crippen molar-refractivity contribution in [2.45, 2.75) is 90.9 Å². The molecule has 0 aromatic heterocycles. The topological polar surface area (TPSA) is 0 Å². The molecule has 0 bridgehead atoms. The molecule has 0 heteroatoms. The first kappa shape index (κ1) is 18.3. The van der Waals surface area contributed by atoms with Crippen LogP contribution in [0, 0.1) is 6.92 Å². The summed E-state index contributed by atoms with van der Waals surface area (Å²) in [5.41, 5.74) is 4.62. The lowest BCUT2D eigenvalue weighted by atomic mass is 9.96. The molecule has 0 nitrogen and oxygen atoms in total. The highest BCUT2D eigenvalue weighted by Crippen LogP contribution is 2.17. The first-order valence-electron chi connectivity index (χ1n) is 9.21. The van der Waals surface area contributed by atoms with Crippen LogP contribution in [0.1, 0.15) is 88.3 Å². The Labute approximate surface area is 133 Å². The van der Waals surface area contributed by atoms with Gasteiger partial charge in [-0.25, -0.2) is 0 Å². The zero-order chi connectivity index (χ0) is 15.3. The highest BCUT2D eigenvalue weighted by Gasteiger charge is 2.02. The molecule has 1 radical (unpaired) electrons. The maximum atomic E-state index is 4.01. The predicted molar refractivity (Wildman–Crippen MR) is 95.8 cm³/mol. The zero-order valence-electron chi connectivity index (χ0n) is 14.4. The fourth-order valence-electron chi connectivity index (χ4n) is 2.99. The van der Waals surface area contributed by atoms with Gasteiger partial charge in [-0.3, -0.25) is 0 Å². The van der Waals surface area contributed by atoms with E-state index >= 15 is 0 Å². The normalized spacial score (nSPS) is 11.0. The van der Waals surface area contributed by atoms with E-state index < -0.39 is 0 Å². The molecular formula is C21H35. The van der Waals surface area contributed by atoms with Crippen molar-refractivity contribution in [1.29, 1.82) is 0 Å². The molecule has 0 atom stereocenters. The third kappa shape index (κ3) is 8.29. The van der Waals surface area contributed by atoms with Gasteiger partial charge in [-0.15, -0.1) is 0 Å². The lowest BCUT2D eigenvalue weighted by molar-refractivity contribution is 0.660. The number of hydrogen-bond acceptors (Lipinski definition) is 0. The smallest absolute Gasteiger partial charge is 0.0279 e. The number of rotatable bonds is 12. The summed E-state index contributed by atoms with van der Waals surface area (Å²) in [5.74, 6) is 0. The number of aryl methyl sites for hydroxylation is 3. The van der Waals surface area contributed by atoms with Crippen molar-refractivity contribution in [3.63, 3.8) is 0 Å². The van der Waals surface area contributed by atoms with Crippen LogP contribution in [-0.4, -0.2) is 0 Å². The van der Waals surface area contributed by atoms with Gasteiger partial charge in [-0.1, -0.05) is 77.5 Å². The van der Waals surface area contributed by atoms with Gasteiger partial charge in [0.2, 0.25) is 0 Å². The summed E-state index contributed by atoms with van der Waals surface area (Å²) in [4.78, 5) is 0. The van der Waals surface area contributed by atoms with Gasteiger partial charge in [-0.05, 0) is 55.2 Å². The molecule has 0 aliphatic heterocycles. The average Bonchev–Trinajstić information content (AvgIpc) is 2.48. The van der Waals surface area contributed by atoms with Gasteiger partial charge in [0.05, 0.1) is 0 Å². The lowest BCUT2D eigenvalue weighted by Gasteiger charge is -2.10. The Kier molecular flexibility index (Phi) is 10.3. The van der Waals surface area contributed by atoms with Crippen molar-refractivity contribution in [2.24, 2.45) is 0 Å². The maximum Gasteiger partial charge on any atom is -0.0279 e. The van der Waals surface area contributed by atoms with Crippen LogP contribution in [0.4, 0.5) is 0 Å². The molecule has 1 aromatic rings. The van der Waals surface area contributed by atoms with Gasteiger partial charge in [0.15, 0.2) is 0 Å². The third-order valence-electron chi connectivity index (χ3n) is 4.22. The van der Waals surface area contributed by atoms with E-state index in [2.05, 4.69) is 39.0 Å². The second-order valence-corrected chi connectivity index (χ2v) is 6.38. The van der Waals surface area contributed by atoms with Gasteiger partial charge >= 0.3 is 0 Å². The van der Waals surface area contributed by atoms with Crippen molar-refractivity contribution in [3.05, 3.63) is 41.8 Å². The molecule has 1 rings (SSSR count). The van der Waals surface area contributed by atoms with Gasteiger partial charge < -0.3 is 0 Å². The van der Waals surface area contributed by atoms with Crippen LogP contribution in [0.25, 0.3) is 0 Å². The minimum atomic E-state index is 1.01. The Bertz CT molecular complexity index is 334. The summed E-state index contributed by atoms with van der Waals surface area (Å²) in [7, 11) is 0. The SMILES string of the molecule is [CH2]CCc1cc(CCCCCC)cc(CCCCCC)c1. The molecule has 0 aliphatic carbocycles. The highest BCUT2D eigenvalue weighted by atomic mass is 14.1. The van der Waals surface area contributed by atoms with Crippen LogP contribution >= 0.6 is 0 Å². The molecule has 1 aromatic carbocycles. The number of hydrogen-bond donors (Lipinski definition) is 0. The molecule has 0 spiro atoms. The maximum absolute atomic E-state index is 4.01. The molecule has 0 saturated carbocycles. The van der Waals surface area contributed by atoms with E-state index in [1.54, 1.807) is 11.1 Å². The van der Waals surface area contributed by atoms with E-state index in [1.807, 2.05) is 0 Å². The third-order valence-corrected chi connectivity index (χ3v) is 4.22. The molecule has 21 heavy (non-hydrogen) atoms. The molecule has 0 saturated heterocycles. The highest BCUT2D eigenvalue weighted by molar-refractivity contribution is 5.30. The molecule has 0 fully saturated rings. The number of benzene rings is 1. The van der Waals surface area contributed by atoms with Crippen LogP contribution < -0.4 is 0 Å². The van der Waals surface area contributed by atoms with Crippen LogP contribution in [0.5, 0.6) is 0 Å². The van der Waals surface area contributed by atoms with Crippen molar-refractivity contribution in [3.8, 4) is 0 Å². The minimum absolute atomic E-state index is 1.01. The van der Waals surface area contributed by atoms with Crippen LogP contribution in [0.2, 0.25) is 0 Å². The summed E-state index contributed by atoms with van der Waals surface area (Å²) in [6.07, 6.45) is 15.5. The predicted octanol–water partition coefficient (Wildman–Crippen LogP) is 6.70. The second kappa shape index (κ2) is 11.8. The van der Waals surface area contributed by atoms with Gasteiger partial charge in [0.25, 0.3) is 0 Å². The second-order valence-electron chi connectivity index (χ2n) is 6.38. The van der Waals surface area contributed by atoms with E-state index in [1.165, 1.54) is 69.8 Å². The lowest BCUT2D eigenvalue weighted by Crippen LogP contribution is -1.95. The molecule has 0 amide bonds. The first-order chi connectivity index (χ1) is 10.3. The van der Waals surface area contributed by atoms with E-state index in [0.717, 1.165) is 12.8 Å². The minimum Gasteiger partial charge on any atom is -0.0654 e. The Balaban J connectivity index is 2.56. The van der Waals surface area contributed by atoms with Crippen LogP contribution in [-0.2, 0) is 19.3 Å². The molecular weight excluding hydrogens is 252 g/mol. The van der Waals surface area contributed by atoms with Crippen molar-refractivity contribution in [2.75, 3.05) is 0 Å². The molecule has 0 heterocycles.